The zero-order valence-electron chi connectivity index (χ0n) is 15.5. The highest BCUT2D eigenvalue weighted by atomic mass is 16.5. The van der Waals surface area contributed by atoms with Gasteiger partial charge in [-0.15, -0.1) is 0 Å². The van der Waals surface area contributed by atoms with Crippen molar-refractivity contribution in [1.29, 1.82) is 10.5 Å². The first kappa shape index (κ1) is 19.2. The van der Waals surface area contributed by atoms with Gasteiger partial charge in [-0.25, -0.2) is 4.98 Å². The molecule has 1 saturated heterocycles. The third-order valence-electron chi connectivity index (χ3n) is 4.46. The first-order chi connectivity index (χ1) is 13.6. The fourth-order valence-corrected chi connectivity index (χ4v) is 2.94. The van der Waals surface area contributed by atoms with E-state index in [0.717, 1.165) is 5.69 Å². The normalized spacial score (nSPS) is 15.7. The lowest BCUT2D eigenvalue weighted by Crippen LogP contribution is -2.25. The topological polar surface area (TPSA) is 116 Å². The van der Waals surface area contributed by atoms with Gasteiger partial charge in [0.05, 0.1) is 30.0 Å². The molecule has 0 aliphatic carbocycles. The zero-order valence-corrected chi connectivity index (χ0v) is 15.5. The van der Waals surface area contributed by atoms with Crippen molar-refractivity contribution in [3.8, 4) is 23.7 Å². The minimum absolute atomic E-state index is 0.147. The molecule has 1 aromatic heterocycles. The van der Waals surface area contributed by atoms with Gasteiger partial charge in [0, 0.05) is 26.3 Å². The number of likely N-dealkylation sites (tertiary alicyclic amines) is 1. The zero-order chi connectivity index (χ0) is 19.9. The fourth-order valence-electron chi connectivity index (χ4n) is 2.94. The summed E-state index contributed by atoms with van der Waals surface area (Å²) in [6, 6.07) is 7.28. The van der Waals surface area contributed by atoms with E-state index in [1.54, 1.807) is 47.3 Å². The highest BCUT2D eigenvalue weighted by Gasteiger charge is 2.28. The predicted octanol–water partition coefficient (Wildman–Crippen LogP) is 1.51. The van der Waals surface area contributed by atoms with Gasteiger partial charge in [0.2, 0.25) is 5.91 Å². The van der Waals surface area contributed by atoms with Crippen molar-refractivity contribution < 1.29 is 14.3 Å². The third-order valence-corrected chi connectivity index (χ3v) is 4.46. The lowest BCUT2D eigenvalue weighted by molar-refractivity contribution is -0.119. The summed E-state index contributed by atoms with van der Waals surface area (Å²) < 4.78 is 12.3. The smallest absolute Gasteiger partial charge is 0.230 e. The molecular weight excluding hydrogens is 360 g/mol. The van der Waals surface area contributed by atoms with Crippen molar-refractivity contribution in [2.45, 2.75) is 6.42 Å². The van der Waals surface area contributed by atoms with Crippen LogP contribution in [0.2, 0.25) is 0 Å². The lowest BCUT2D eigenvalue weighted by Gasteiger charge is -2.10. The molecule has 0 bridgehead atoms. The quantitative estimate of drug-likeness (QED) is 0.572. The van der Waals surface area contributed by atoms with E-state index in [9.17, 15) is 10.1 Å². The molecule has 0 saturated carbocycles. The minimum atomic E-state index is -0.222. The maximum atomic E-state index is 12.3. The molecular formula is C19H20N6O3. The number of amides is 1. The van der Waals surface area contributed by atoms with Crippen LogP contribution >= 0.6 is 0 Å². The van der Waals surface area contributed by atoms with Crippen LogP contribution in [0.1, 0.15) is 12.0 Å². The number of nitrogens with zero attached hydrogens (tertiary/aromatic N) is 5. The standard InChI is InChI=1S/C19H20N6O3/c1-27-6-7-28-17-8-16(3-2-14(17)9-20)25-11-18(22-13-25)23-19(26)15-4-5-24(10-15)12-21/h2-3,8,11,13,15H,4-7,10H2,1H3,(H,23,26)/t15-/m0/s1. The Morgan fingerprint density at radius 3 is 2.96 bits per heavy atom. The number of carbonyl (C=O) groups excluding carboxylic acids is 1. The van der Waals surface area contributed by atoms with E-state index < -0.39 is 0 Å². The summed E-state index contributed by atoms with van der Waals surface area (Å²) in [5.41, 5.74) is 1.17. The van der Waals surface area contributed by atoms with Crippen LogP contribution in [0.15, 0.2) is 30.7 Å². The molecule has 9 heteroatoms. The first-order valence-corrected chi connectivity index (χ1v) is 8.80. The molecule has 2 aromatic rings. The van der Waals surface area contributed by atoms with E-state index in [2.05, 4.69) is 22.6 Å². The van der Waals surface area contributed by atoms with Gasteiger partial charge in [0.1, 0.15) is 24.8 Å². The van der Waals surface area contributed by atoms with E-state index in [4.69, 9.17) is 14.7 Å². The SMILES string of the molecule is COCCOc1cc(-n2cnc(NC(=O)[C@H]3CCN(C#N)C3)c2)ccc1C#N. The van der Waals surface area contributed by atoms with E-state index in [1.165, 1.54) is 0 Å². The van der Waals surface area contributed by atoms with Crippen LogP contribution in [0.4, 0.5) is 5.82 Å². The number of imidazole rings is 1. The number of nitriles is 2. The van der Waals surface area contributed by atoms with Crippen LogP contribution < -0.4 is 10.1 Å². The molecule has 0 unspecified atom stereocenters. The van der Waals surface area contributed by atoms with Crippen molar-refractivity contribution in [2.75, 3.05) is 38.7 Å². The Bertz CT molecular complexity index is 926. The van der Waals surface area contributed by atoms with Gasteiger partial charge in [-0.1, -0.05) is 0 Å². The van der Waals surface area contributed by atoms with Crippen LogP contribution in [0.5, 0.6) is 5.75 Å². The molecule has 1 amide bonds. The van der Waals surface area contributed by atoms with Crippen LogP contribution in [-0.4, -0.2) is 53.8 Å². The summed E-state index contributed by atoms with van der Waals surface area (Å²) in [5, 5.41) is 20.9. The van der Waals surface area contributed by atoms with Crippen molar-refractivity contribution in [3.05, 3.63) is 36.3 Å². The Kier molecular flexibility index (Phi) is 6.10. The Morgan fingerprint density at radius 2 is 2.25 bits per heavy atom. The number of anilines is 1. The molecule has 1 fully saturated rings. The number of nitrogens with one attached hydrogen (secondary N) is 1. The van der Waals surface area contributed by atoms with E-state index in [1.807, 2.05) is 0 Å². The maximum absolute atomic E-state index is 12.3. The Morgan fingerprint density at radius 1 is 1.39 bits per heavy atom. The summed E-state index contributed by atoms with van der Waals surface area (Å²) in [6.07, 6.45) is 5.98. The van der Waals surface area contributed by atoms with Crippen molar-refractivity contribution in [1.82, 2.24) is 14.5 Å². The number of benzene rings is 1. The second-order valence-corrected chi connectivity index (χ2v) is 6.32. The van der Waals surface area contributed by atoms with Crippen molar-refractivity contribution in [3.63, 3.8) is 0 Å². The van der Waals surface area contributed by atoms with E-state index in [0.29, 0.717) is 49.9 Å². The van der Waals surface area contributed by atoms with Gasteiger partial charge >= 0.3 is 0 Å². The number of methoxy groups -OCH3 is 1. The number of rotatable bonds is 7. The van der Waals surface area contributed by atoms with Gasteiger partial charge < -0.3 is 24.3 Å². The summed E-state index contributed by atoms with van der Waals surface area (Å²) in [6.45, 7) is 1.78. The second-order valence-electron chi connectivity index (χ2n) is 6.32. The number of ether oxygens (including phenoxy) is 2. The van der Waals surface area contributed by atoms with Gasteiger partial charge in [0.25, 0.3) is 0 Å². The molecule has 9 nitrogen and oxygen atoms in total. The lowest BCUT2D eigenvalue weighted by atomic mass is 10.1. The summed E-state index contributed by atoms with van der Waals surface area (Å²) in [5.74, 6) is 0.512. The highest BCUT2D eigenvalue weighted by molar-refractivity contribution is 5.92. The van der Waals surface area contributed by atoms with E-state index in [-0.39, 0.29) is 11.8 Å². The largest absolute Gasteiger partial charge is 0.490 e. The highest BCUT2D eigenvalue weighted by Crippen LogP contribution is 2.23. The molecule has 1 N–H and O–H groups in total. The van der Waals surface area contributed by atoms with Gasteiger partial charge in [-0.05, 0) is 18.6 Å². The minimum Gasteiger partial charge on any atom is -0.490 e. The molecule has 1 aromatic carbocycles. The van der Waals surface area contributed by atoms with E-state index >= 15 is 0 Å². The Labute approximate surface area is 162 Å². The Balaban J connectivity index is 1.69. The Hall–Kier alpha value is -3.56. The maximum Gasteiger partial charge on any atom is 0.230 e. The third kappa shape index (κ3) is 4.40. The molecule has 0 spiro atoms. The van der Waals surface area contributed by atoms with Gasteiger partial charge in [-0.3, -0.25) is 4.79 Å². The van der Waals surface area contributed by atoms with Gasteiger partial charge in [-0.2, -0.15) is 10.5 Å². The van der Waals surface area contributed by atoms with Gasteiger partial charge in [0.15, 0.2) is 12.0 Å². The number of hydrogen-bond donors (Lipinski definition) is 1. The van der Waals surface area contributed by atoms with Crippen molar-refractivity contribution >= 4 is 11.7 Å². The predicted molar refractivity (Wildman–Crippen MR) is 99.6 cm³/mol. The molecule has 1 aliphatic rings. The summed E-state index contributed by atoms with van der Waals surface area (Å²) >= 11 is 0. The van der Waals surface area contributed by atoms with Crippen LogP contribution in [0.3, 0.4) is 0 Å². The molecule has 28 heavy (non-hydrogen) atoms. The number of aromatic nitrogens is 2. The molecule has 0 radical (unpaired) electrons. The monoisotopic (exact) mass is 380 g/mol. The van der Waals surface area contributed by atoms with Crippen LogP contribution in [0.25, 0.3) is 5.69 Å². The van der Waals surface area contributed by atoms with Crippen LogP contribution in [0, 0.1) is 28.7 Å². The molecule has 2 heterocycles. The average molecular weight is 380 g/mol. The molecule has 1 atom stereocenters. The number of hydrogen-bond acceptors (Lipinski definition) is 7. The summed E-state index contributed by atoms with van der Waals surface area (Å²) in [4.78, 5) is 18.1. The van der Waals surface area contributed by atoms with Crippen LogP contribution in [-0.2, 0) is 9.53 Å². The number of carbonyl (C=O) groups is 1. The fraction of sp³-hybridized carbons (Fsp3) is 0.368. The second kappa shape index (κ2) is 8.89. The molecule has 1 aliphatic heterocycles. The molecule has 3 rings (SSSR count). The van der Waals surface area contributed by atoms with Crippen molar-refractivity contribution in [2.24, 2.45) is 5.92 Å². The molecule has 144 valence electrons. The summed E-state index contributed by atoms with van der Waals surface area (Å²) in [7, 11) is 1.58. The first-order valence-electron chi connectivity index (χ1n) is 8.80. The average Bonchev–Trinajstić information content (AvgIpc) is 3.37.